The molecule has 28 heavy (non-hydrogen) atoms. The van der Waals surface area contributed by atoms with E-state index in [0.29, 0.717) is 17.9 Å². The van der Waals surface area contributed by atoms with Crippen LogP contribution < -0.4 is 9.64 Å². The van der Waals surface area contributed by atoms with E-state index in [1.54, 1.807) is 4.90 Å². The number of amides is 1. The van der Waals surface area contributed by atoms with Gasteiger partial charge < -0.3 is 24.5 Å². The van der Waals surface area contributed by atoms with Gasteiger partial charge in [0, 0.05) is 39.6 Å². The molecule has 3 rings (SSSR count). The zero-order chi connectivity index (χ0) is 20.4. The normalized spacial score (nSPS) is 23.7. The van der Waals surface area contributed by atoms with Crippen molar-refractivity contribution in [3.63, 3.8) is 0 Å². The summed E-state index contributed by atoms with van der Waals surface area (Å²) in [6.07, 6.45) is 2.63. The second-order valence-corrected chi connectivity index (χ2v) is 8.84. The van der Waals surface area contributed by atoms with E-state index < -0.39 is 0 Å². The average molecular weight is 390 g/mol. The molecule has 3 atom stereocenters. The summed E-state index contributed by atoms with van der Waals surface area (Å²) in [7, 11) is 6.09. The van der Waals surface area contributed by atoms with Gasteiger partial charge in [0.1, 0.15) is 6.10 Å². The van der Waals surface area contributed by atoms with Crippen molar-refractivity contribution >= 4 is 11.6 Å². The average Bonchev–Trinajstić information content (AvgIpc) is 3.47. The number of anilines is 1. The fourth-order valence-electron chi connectivity index (χ4n) is 3.92. The van der Waals surface area contributed by atoms with Crippen LogP contribution in [0.4, 0.5) is 5.69 Å². The van der Waals surface area contributed by atoms with Gasteiger partial charge in [0.05, 0.1) is 23.9 Å². The number of likely N-dealkylation sites (N-methyl/N-ethyl adjacent to an activating group) is 1. The number of carbonyl (C=O) groups excluding carboxylic acids is 1. The molecular weight excluding hydrogens is 354 g/mol. The Balaban J connectivity index is 1.96. The lowest BCUT2D eigenvalue weighted by Crippen LogP contribution is -2.50. The molecule has 1 aromatic rings. The zero-order valence-corrected chi connectivity index (χ0v) is 17.9. The molecule has 1 heterocycles. The van der Waals surface area contributed by atoms with Crippen molar-refractivity contribution in [2.45, 2.75) is 38.8 Å². The molecule has 1 fully saturated rings. The molecule has 0 bridgehead atoms. The van der Waals surface area contributed by atoms with Crippen LogP contribution in [0.2, 0.25) is 0 Å². The first kappa shape index (κ1) is 20.9. The summed E-state index contributed by atoms with van der Waals surface area (Å²) in [4.78, 5) is 19.5. The van der Waals surface area contributed by atoms with Crippen LogP contribution in [-0.4, -0.2) is 80.3 Å². The van der Waals surface area contributed by atoms with Gasteiger partial charge in [-0.1, -0.05) is 13.0 Å². The van der Waals surface area contributed by atoms with Crippen LogP contribution in [0.3, 0.4) is 0 Å². The highest BCUT2D eigenvalue weighted by Crippen LogP contribution is 2.36. The van der Waals surface area contributed by atoms with Crippen molar-refractivity contribution < 1.29 is 14.6 Å². The number of aliphatic hydroxyl groups excluding tert-OH is 1. The molecule has 0 spiro atoms. The lowest BCUT2D eigenvalue weighted by Gasteiger charge is -2.39. The Morgan fingerprint density at radius 1 is 1.25 bits per heavy atom. The predicted molar refractivity (Wildman–Crippen MR) is 112 cm³/mol. The highest BCUT2D eigenvalue weighted by Gasteiger charge is 2.35. The molecule has 0 aromatic heterocycles. The fourth-order valence-corrected chi connectivity index (χ4v) is 3.92. The van der Waals surface area contributed by atoms with Gasteiger partial charge in [-0.3, -0.25) is 4.79 Å². The van der Waals surface area contributed by atoms with Crippen LogP contribution in [0, 0.1) is 11.8 Å². The largest absolute Gasteiger partial charge is 0.486 e. The van der Waals surface area contributed by atoms with Gasteiger partial charge in [-0.25, -0.2) is 0 Å². The van der Waals surface area contributed by atoms with E-state index in [1.165, 1.54) is 12.8 Å². The Bertz CT molecular complexity index is 690. The standard InChI is InChI=1S/C22H35N3O3/c1-15-11-25(16(2)14-26)22(27)18-7-6-8-19(23(3)4)21(18)28-20(15)13-24(5)12-17-9-10-17/h6-8,15-17,20,26H,9-14H2,1-5H3/t15-,16-,20+/m1/s1. The van der Waals surface area contributed by atoms with Crippen molar-refractivity contribution in [2.75, 3.05) is 52.3 Å². The van der Waals surface area contributed by atoms with E-state index in [1.807, 2.05) is 44.1 Å². The van der Waals surface area contributed by atoms with E-state index in [2.05, 4.69) is 18.9 Å². The van der Waals surface area contributed by atoms with Gasteiger partial charge in [0.15, 0.2) is 5.75 Å². The smallest absolute Gasteiger partial charge is 0.258 e. The number of para-hydroxylation sites is 1. The summed E-state index contributed by atoms with van der Waals surface area (Å²) in [5.41, 5.74) is 1.49. The lowest BCUT2D eigenvalue weighted by atomic mass is 9.99. The first-order chi connectivity index (χ1) is 13.3. The maximum Gasteiger partial charge on any atom is 0.258 e. The molecule has 2 aliphatic rings. The van der Waals surface area contributed by atoms with Crippen molar-refractivity contribution in [1.29, 1.82) is 0 Å². The van der Waals surface area contributed by atoms with Crippen LogP contribution in [0.15, 0.2) is 18.2 Å². The molecule has 1 saturated carbocycles. The third-order valence-corrected chi connectivity index (χ3v) is 5.91. The van der Waals surface area contributed by atoms with Gasteiger partial charge >= 0.3 is 0 Å². The Morgan fingerprint density at radius 3 is 2.57 bits per heavy atom. The van der Waals surface area contributed by atoms with E-state index >= 15 is 0 Å². The Kier molecular flexibility index (Phi) is 6.50. The minimum Gasteiger partial charge on any atom is -0.486 e. The van der Waals surface area contributed by atoms with Gasteiger partial charge in [0.25, 0.3) is 5.91 Å². The van der Waals surface area contributed by atoms with Gasteiger partial charge in [-0.15, -0.1) is 0 Å². The van der Waals surface area contributed by atoms with Crippen LogP contribution in [0.1, 0.15) is 37.0 Å². The van der Waals surface area contributed by atoms with Crippen LogP contribution in [-0.2, 0) is 0 Å². The monoisotopic (exact) mass is 389 g/mol. The van der Waals surface area contributed by atoms with Crippen molar-refractivity contribution in [3.05, 3.63) is 23.8 Å². The molecule has 0 radical (unpaired) electrons. The number of carbonyl (C=O) groups is 1. The minimum atomic E-state index is -0.228. The summed E-state index contributed by atoms with van der Waals surface area (Å²) in [5, 5.41) is 9.72. The number of hydrogen-bond acceptors (Lipinski definition) is 5. The molecular formula is C22H35N3O3. The Hall–Kier alpha value is -1.79. The first-order valence-electron chi connectivity index (χ1n) is 10.4. The summed E-state index contributed by atoms with van der Waals surface area (Å²) >= 11 is 0. The third kappa shape index (κ3) is 4.61. The SMILES string of the molecule is C[C@@H]1CN([C@H](C)CO)C(=O)c2cccc(N(C)C)c2O[C@H]1CN(C)CC1CC1. The number of ether oxygens (including phenoxy) is 1. The minimum absolute atomic E-state index is 0.0231. The molecule has 1 aromatic carbocycles. The van der Waals surface area contributed by atoms with Crippen LogP contribution >= 0.6 is 0 Å². The van der Waals surface area contributed by atoms with Crippen molar-refractivity contribution in [1.82, 2.24) is 9.80 Å². The number of hydrogen-bond donors (Lipinski definition) is 1. The molecule has 1 aliphatic heterocycles. The topological polar surface area (TPSA) is 56.3 Å². The Labute approximate surface area is 169 Å². The second kappa shape index (κ2) is 8.70. The van der Waals surface area contributed by atoms with Gasteiger partial charge in [0.2, 0.25) is 0 Å². The predicted octanol–water partition coefficient (Wildman–Crippen LogP) is 2.31. The van der Waals surface area contributed by atoms with E-state index in [0.717, 1.165) is 24.7 Å². The fraction of sp³-hybridized carbons (Fsp3) is 0.682. The number of rotatable bonds is 7. The molecule has 0 saturated heterocycles. The second-order valence-electron chi connectivity index (χ2n) is 8.84. The number of fused-ring (bicyclic) bond motifs is 1. The highest BCUT2D eigenvalue weighted by molar-refractivity contribution is 5.99. The summed E-state index contributed by atoms with van der Waals surface area (Å²) < 4.78 is 6.55. The van der Waals surface area contributed by atoms with Crippen LogP contribution in [0.25, 0.3) is 0 Å². The molecule has 0 unspecified atom stereocenters. The van der Waals surface area contributed by atoms with Gasteiger partial charge in [-0.05, 0) is 44.9 Å². The Morgan fingerprint density at radius 2 is 1.96 bits per heavy atom. The first-order valence-corrected chi connectivity index (χ1v) is 10.4. The maximum absolute atomic E-state index is 13.3. The summed E-state index contributed by atoms with van der Waals surface area (Å²) in [6, 6.07) is 5.50. The zero-order valence-electron chi connectivity index (χ0n) is 17.9. The lowest BCUT2D eigenvalue weighted by molar-refractivity contribution is 0.0345. The molecule has 6 heteroatoms. The van der Waals surface area contributed by atoms with Crippen LogP contribution in [0.5, 0.6) is 5.75 Å². The number of aliphatic hydroxyl groups is 1. The molecule has 156 valence electrons. The molecule has 1 aliphatic carbocycles. The maximum atomic E-state index is 13.3. The number of benzene rings is 1. The van der Waals surface area contributed by atoms with Gasteiger partial charge in [-0.2, -0.15) is 0 Å². The molecule has 1 amide bonds. The molecule has 1 N–H and O–H groups in total. The van der Waals surface area contributed by atoms with E-state index in [4.69, 9.17) is 4.74 Å². The third-order valence-electron chi connectivity index (χ3n) is 5.91. The van der Waals surface area contributed by atoms with E-state index in [-0.39, 0.29) is 30.6 Å². The summed E-state index contributed by atoms with van der Waals surface area (Å²) in [6.45, 7) is 6.50. The van der Waals surface area contributed by atoms with E-state index in [9.17, 15) is 9.90 Å². The van der Waals surface area contributed by atoms with Crippen molar-refractivity contribution in [2.24, 2.45) is 11.8 Å². The quantitative estimate of drug-likeness (QED) is 0.776. The molecule has 6 nitrogen and oxygen atoms in total. The van der Waals surface area contributed by atoms with Crippen molar-refractivity contribution in [3.8, 4) is 5.75 Å². The summed E-state index contributed by atoms with van der Waals surface area (Å²) in [5.74, 6) is 1.56. The number of nitrogens with zero attached hydrogens (tertiary/aromatic N) is 3. The highest BCUT2D eigenvalue weighted by atomic mass is 16.5.